The van der Waals surface area contributed by atoms with Crippen LogP contribution in [0, 0.1) is 0 Å². The van der Waals surface area contributed by atoms with Gasteiger partial charge in [0.15, 0.2) is 6.73 Å². The first-order valence-corrected chi connectivity index (χ1v) is 5.93. The van der Waals surface area contributed by atoms with E-state index in [0.717, 1.165) is 11.3 Å². The first kappa shape index (κ1) is 12.9. The highest BCUT2D eigenvalue weighted by molar-refractivity contribution is 5.73. The number of nitrogens with one attached hydrogen (secondary N) is 2. The quantitative estimate of drug-likeness (QED) is 0.804. The zero-order valence-corrected chi connectivity index (χ0v) is 10.4. The minimum atomic E-state index is -0.271. The lowest BCUT2D eigenvalue weighted by molar-refractivity contribution is 0.223. The van der Waals surface area contributed by atoms with E-state index in [0.29, 0.717) is 6.54 Å². The minimum absolute atomic E-state index is 0.131. The van der Waals surface area contributed by atoms with Gasteiger partial charge >= 0.3 is 6.03 Å². The molecule has 0 aliphatic heterocycles. The van der Waals surface area contributed by atoms with Crippen molar-refractivity contribution in [3.05, 3.63) is 60.4 Å². The largest absolute Gasteiger partial charge is 0.473 e. The lowest BCUT2D eigenvalue weighted by atomic mass is 10.3. The van der Waals surface area contributed by atoms with E-state index in [1.54, 1.807) is 12.4 Å². The van der Waals surface area contributed by atoms with Gasteiger partial charge < -0.3 is 15.4 Å². The molecule has 1 aromatic carbocycles. The molecule has 0 fully saturated rings. The molecule has 98 valence electrons. The van der Waals surface area contributed by atoms with Crippen LogP contribution in [0.1, 0.15) is 5.56 Å². The average molecular weight is 257 g/mol. The van der Waals surface area contributed by atoms with Crippen molar-refractivity contribution in [2.24, 2.45) is 0 Å². The van der Waals surface area contributed by atoms with Crippen molar-refractivity contribution in [1.82, 2.24) is 15.6 Å². The van der Waals surface area contributed by atoms with E-state index < -0.39 is 0 Å². The van der Waals surface area contributed by atoms with Gasteiger partial charge in [-0.1, -0.05) is 18.2 Å². The van der Waals surface area contributed by atoms with E-state index >= 15 is 0 Å². The number of benzene rings is 1. The fourth-order valence-electron chi connectivity index (χ4n) is 1.45. The normalized spacial score (nSPS) is 9.68. The molecule has 0 aliphatic carbocycles. The number of rotatable bonds is 5. The molecule has 19 heavy (non-hydrogen) atoms. The highest BCUT2D eigenvalue weighted by Crippen LogP contribution is 2.06. The molecule has 0 atom stereocenters. The fraction of sp³-hybridized carbons (Fsp3) is 0.143. The molecule has 0 saturated carbocycles. The molecule has 1 aromatic heterocycles. The maximum absolute atomic E-state index is 11.5. The molecule has 2 N–H and O–H groups in total. The maximum Gasteiger partial charge on any atom is 0.317 e. The van der Waals surface area contributed by atoms with Crippen molar-refractivity contribution in [3.63, 3.8) is 0 Å². The van der Waals surface area contributed by atoms with Gasteiger partial charge in [-0.2, -0.15) is 0 Å². The van der Waals surface area contributed by atoms with Crippen LogP contribution in [0.25, 0.3) is 0 Å². The van der Waals surface area contributed by atoms with E-state index in [4.69, 9.17) is 4.74 Å². The summed E-state index contributed by atoms with van der Waals surface area (Å²) < 4.78 is 5.35. The van der Waals surface area contributed by atoms with Crippen LogP contribution in [0.4, 0.5) is 4.79 Å². The molecule has 0 unspecified atom stereocenters. The molecule has 0 aliphatic rings. The number of urea groups is 1. The van der Waals surface area contributed by atoms with Crippen molar-refractivity contribution < 1.29 is 9.53 Å². The van der Waals surface area contributed by atoms with Gasteiger partial charge in [0.25, 0.3) is 0 Å². The number of aromatic nitrogens is 1. The Morgan fingerprint density at radius 1 is 1.05 bits per heavy atom. The Bertz CT molecular complexity index is 503. The van der Waals surface area contributed by atoms with Crippen LogP contribution in [0.5, 0.6) is 5.75 Å². The third-order valence-corrected chi connectivity index (χ3v) is 2.42. The third kappa shape index (κ3) is 4.67. The molecule has 2 rings (SSSR count). The van der Waals surface area contributed by atoms with Gasteiger partial charge in [0, 0.05) is 18.9 Å². The smallest absolute Gasteiger partial charge is 0.317 e. The van der Waals surface area contributed by atoms with Gasteiger partial charge in [-0.05, 0) is 29.8 Å². The van der Waals surface area contributed by atoms with Crippen LogP contribution >= 0.6 is 0 Å². The molecular weight excluding hydrogens is 242 g/mol. The van der Waals surface area contributed by atoms with Crippen molar-refractivity contribution in [2.75, 3.05) is 6.73 Å². The van der Waals surface area contributed by atoms with E-state index in [1.807, 2.05) is 42.5 Å². The highest BCUT2D eigenvalue weighted by atomic mass is 16.5. The molecule has 5 heteroatoms. The Labute approximate surface area is 111 Å². The summed E-state index contributed by atoms with van der Waals surface area (Å²) >= 11 is 0. The Kier molecular flexibility index (Phi) is 4.75. The molecule has 0 saturated heterocycles. The summed E-state index contributed by atoms with van der Waals surface area (Å²) in [5, 5.41) is 5.34. The minimum Gasteiger partial charge on any atom is -0.473 e. The number of carbonyl (C=O) groups is 1. The van der Waals surface area contributed by atoms with E-state index in [1.165, 1.54) is 0 Å². The maximum atomic E-state index is 11.5. The van der Waals surface area contributed by atoms with Gasteiger partial charge in [-0.25, -0.2) is 4.79 Å². The number of hydrogen-bond donors (Lipinski definition) is 2. The summed E-state index contributed by atoms with van der Waals surface area (Å²) in [5.41, 5.74) is 0.995. The first-order chi connectivity index (χ1) is 9.34. The number of para-hydroxylation sites is 1. The molecule has 0 bridgehead atoms. The van der Waals surface area contributed by atoms with E-state index in [-0.39, 0.29) is 12.8 Å². The summed E-state index contributed by atoms with van der Waals surface area (Å²) in [7, 11) is 0. The van der Waals surface area contributed by atoms with Crippen molar-refractivity contribution in [2.45, 2.75) is 6.54 Å². The predicted molar refractivity (Wildman–Crippen MR) is 71.5 cm³/mol. The van der Waals surface area contributed by atoms with Crippen LogP contribution in [0.3, 0.4) is 0 Å². The molecular formula is C14H15N3O2. The summed E-state index contributed by atoms with van der Waals surface area (Å²) in [4.78, 5) is 15.4. The fourth-order valence-corrected chi connectivity index (χ4v) is 1.45. The number of amides is 2. The Morgan fingerprint density at radius 2 is 1.79 bits per heavy atom. The van der Waals surface area contributed by atoms with Crippen LogP contribution in [0.2, 0.25) is 0 Å². The van der Waals surface area contributed by atoms with Crippen molar-refractivity contribution in [1.29, 1.82) is 0 Å². The monoisotopic (exact) mass is 257 g/mol. The summed E-state index contributed by atoms with van der Waals surface area (Å²) in [6, 6.07) is 12.7. The first-order valence-electron chi connectivity index (χ1n) is 5.93. The molecule has 2 aromatic rings. The summed E-state index contributed by atoms with van der Waals surface area (Å²) in [6.45, 7) is 0.589. The van der Waals surface area contributed by atoms with Gasteiger partial charge in [-0.3, -0.25) is 4.98 Å². The topological polar surface area (TPSA) is 63.2 Å². The number of nitrogens with zero attached hydrogens (tertiary/aromatic N) is 1. The number of carbonyl (C=O) groups excluding carboxylic acids is 1. The Balaban J connectivity index is 1.65. The lowest BCUT2D eigenvalue weighted by Crippen LogP contribution is -2.37. The molecule has 1 heterocycles. The summed E-state index contributed by atoms with van der Waals surface area (Å²) in [6.07, 6.45) is 3.38. The number of hydrogen-bond acceptors (Lipinski definition) is 3. The lowest BCUT2D eigenvalue weighted by Gasteiger charge is -2.09. The number of pyridine rings is 1. The van der Waals surface area contributed by atoms with Gasteiger partial charge in [0.05, 0.1) is 0 Å². The zero-order valence-electron chi connectivity index (χ0n) is 10.4. The number of ether oxygens (including phenoxy) is 1. The van der Waals surface area contributed by atoms with E-state index in [2.05, 4.69) is 15.6 Å². The van der Waals surface area contributed by atoms with Crippen LogP contribution in [0.15, 0.2) is 54.9 Å². The molecule has 0 radical (unpaired) electrons. The van der Waals surface area contributed by atoms with Gasteiger partial charge in [-0.15, -0.1) is 0 Å². The highest BCUT2D eigenvalue weighted by Gasteiger charge is 1.99. The molecule has 0 spiro atoms. The Morgan fingerprint density at radius 3 is 2.53 bits per heavy atom. The van der Waals surface area contributed by atoms with Crippen molar-refractivity contribution >= 4 is 6.03 Å². The SMILES string of the molecule is O=C(NCOc1ccccc1)NCc1ccncc1. The van der Waals surface area contributed by atoms with Crippen LogP contribution in [-0.4, -0.2) is 17.7 Å². The molecule has 5 nitrogen and oxygen atoms in total. The third-order valence-electron chi connectivity index (χ3n) is 2.42. The van der Waals surface area contributed by atoms with Crippen LogP contribution < -0.4 is 15.4 Å². The second-order valence-electron chi connectivity index (χ2n) is 3.82. The second-order valence-corrected chi connectivity index (χ2v) is 3.82. The van der Waals surface area contributed by atoms with Crippen LogP contribution in [-0.2, 0) is 6.54 Å². The standard InChI is InChI=1S/C14H15N3O2/c18-14(16-10-12-6-8-15-9-7-12)17-11-19-13-4-2-1-3-5-13/h1-9H,10-11H2,(H2,16,17,18). The Hall–Kier alpha value is -2.56. The predicted octanol–water partition coefficient (Wildman–Crippen LogP) is 1.92. The zero-order chi connectivity index (χ0) is 13.3. The van der Waals surface area contributed by atoms with Gasteiger partial charge in [0.1, 0.15) is 5.75 Å². The van der Waals surface area contributed by atoms with Crippen molar-refractivity contribution in [3.8, 4) is 5.75 Å². The van der Waals surface area contributed by atoms with Gasteiger partial charge in [0.2, 0.25) is 0 Å². The average Bonchev–Trinajstić information content (AvgIpc) is 2.47. The second kappa shape index (κ2) is 7.00. The van der Waals surface area contributed by atoms with E-state index in [9.17, 15) is 4.79 Å². The molecule has 2 amide bonds. The summed E-state index contributed by atoms with van der Waals surface area (Å²) in [5.74, 6) is 0.719.